The summed E-state index contributed by atoms with van der Waals surface area (Å²) in [4.78, 5) is 0. The summed E-state index contributed by atoms with van der Waals surface area (Å²) in [6.07, 6.45) is 3.84. The fourth-order valence-corrected chi connectivity index (χ4v) is 6.06. The van der Waals surface area contributed by atoms with Crippen molar-refractivity contribution in [2.45, 2.75) is 71.5 Å². The fraction of sp³-hybridized carbons (Fsp3) is 0.739. The summed E-state index contributed by atoms with van der Waals surface area (Å²) in [7, 11) is 3.40. The molecule has 27 heavy (non-hydrogen) atoms. The van der Waals surface area contributed by atoms with Crippen LogP contribution in [0.25, 0.3) is 0 Å². The third-order valence-electron chi connectivity index (χ3n) is 8.38. The Labute approximate surface area is 163 Å². The quantitative estimate of drug-likeness (QED) is 0.826. The van der Waals surface area contributed by atoms with Crippen molar-refractivity contribution >= 4 is 0 Å². The maximum atomic E-state index is 11.3. The van der Waals surface area contributed by atoms with Crippen LogP contribution < -0.4 is 9.47 Å². The predicted molar refractivity (Wildman–Crippen MR) is 107 cm³/mol. The Kier molecular flexibility index (Phi) is 5.28. The second-order valence-electron chi connectivity index (χ2n) is 9.51. The van der Waals surface area contributed by atoms with E-state index in [0.717, 1.165) is 42.7 Å². The highest BCUT2D eigenvalue weighted by Crippen LogP contribution is 2.64. The molecule has 0 spiro atoms. The summed E-state index contributed by atoms with van der Waals surface area (Å²) < 4.78 is 11.1. The molecule has 152 valence electrons. The first-order valence-electron chi connectivity index (χ1n) is 10.2. The van der Waals surface area contributed by atoms with Gasteiger partial charge in [-0.15, -0.1) is 0 Å². The van der Waals surface area contributed by atoms with Crippen LogP contribution in [0.4, 0.5) is 0 Å². The van der Waals surface area contributed by atoms with E-state index in [1.165, 1.54) is 0 Å². The molecule has 4 heteroatoms. The molecule has 2 fully saturated rings. The highest BCUT2D eigenvalue weighted by molar-refractivity contribution is 5.41. The lowest BCUT2D eigenvalue weighted by atomic mass is 9.43. The minimum atomic E-state index is -1.06. The largest absolute Gasteiger partial charge is 0.497 e. The van der Waals surface area contributed by atoms with Crippen molar-refractivity contribution in [3.05, 3.63) is 23.8 Å². The third kappa shape index (κ3) is 3.05. The lowest BCUT2D eigenvalue weighted by Gasteiger charge is -2.64. The number of methoxy groups -OCH3 is 2. The van der Waals surface area contributed by atoms with Gasteiger partial charge in [0.15, 0.2) is 0 Å². The van der Waals surface area contributed by atoms with Crippen molar-refractivity contribution in [2.75, 3.05) is 14.2 Å². The number of fused-ring (bicyclic) bond motifs is 1. The lowest BCUT2D eigenvalue weighted by Crippen LogP contribution is -2.65. The van der Waals surface area contributed by atoms with Crippen LogP contribution in [-0.4, -0.2) is 36.1 Å². The number of hydrogen-bond donors (Lipinski definition) is 2. The van der Waals surface area contributed by atoms with Gasteiger partial charge in [-0.3, -0.25) is 0 Å². The molecule has 0 amide bonds. The highest BCUT2D eigenvalue weighted by atomic mass is 16.5. The molecule has 6 atom stereocenters. The van der Waals surface area contributed by atoms with Crippen molar-refractivity contribution in [3.63, 3.8) is 0 Å². The number of ether oxygens (including phenoxy) is 2. The van der Waals surface area contributed by atoms with Gasteiger partial charge in [-0.2, -0.15) is 0 Å². The molecule has 2 N–H and O–H groups in total. The van der Waals surface area contributed by atoms with Crippen molar-refractivity contribution < 1.29 is 19.7 Å². The van der Waals surface area contributed by atoms with E-state index in [2.05, 4.69) is 26.8 Å². The van der Waals surface area contributed by atoms with Crippen LogP contribution in [0.5, 0.6) is 11.5 Å². The van der Waals surface area contributed by atoms with E-state index in [0.29, 0.717) is 18.3 Å². The molecule has 0 aromatic heterocycles. The summed E-state index contributed by atoms with van der Waals surface area (Å²) >= 11 is 0. The summed E-state index contributed by atoms with van der Waals surface area (Å²) in [6, 6.07) is 5.99. The van der Waals surface area contributed by atoms with Gasteiger partial charge in [0.25, 0.3) is 0 Å². The Hall–Kier alpha value is -1.26. The first-order chi connectivity index (χ1) is 12.6. The van der Waals surface area contributed by atoms with Crippen LogP contribution in [0.15, 0.2) is 18.2 Å². The minimum absolute atomic E-state index is 0.0107. The van der Waals surface area contributed by atoms with Crippen LogP contribution in [0.1, 0.15) is 58.9 Å². The monoisotopic (exact) mass is 376 g/mol. The van der Waals surface area contributed by atoms with Gasteiger partial charge < -0.3 is 19.7 Å². The molecule has 3 rings (SSSR count). The zero-order valence-corrected chi connectivity index (χ0v) is 17.7. The maximum Gasteiger partial charge on any atom is 0.122 e. The van der Waals surface area contributed by atoms with Crippen LogP contribution in [0.2, 0.25) is 0 Å². The van der Waals surface area contributed by atoms with Crippen molar-refractivity contribution in [3.8, 4) is 11.5 Å². The summed E-state index contributed by atoms with van der Waals surface area (Å²) in [5.41, 5.74) is -0.189. The fourth-order valence-electron chi connectivity index (χ4n) is 6.06. The normalized spacial score (nSPS) is 41.7. The van der Waals surface area contributed by atoms with Crippen LogP contribution >= 0.6 is 0 Å². The van der Waals surface area contributed by atoms with Crippen molar-refractivity contribution in [1.82, 2.24) is 0 Å². The molecule has 0 unspecified atom stereocenters. The Balaban J connectivity index is 2.03. The minimum Gasteiger partial charge on any atom is -0.497 e. The van der Waals surface area contributed by atoms with E-state index in [9.17, 15) is 10.2 Å². The Morgan fingerprint density at radius 2 is 1.78 bits per heavy atom. The van der Waals surface area contributed by atoms with Gasteiger partial charge in [0.1, 0.15) is 11.5 Å². The van der Waals surface area contributed by atoms with E-state index in [4.69, 9.17) is 9.47 Å². The molecule has 1 aromatic carbocycles. The second-order valence-corrected chi connectivity index (χ2v) is 9.51. The number of aliphatic hydroxyl groups excluding tert-OH is 1. The Morgan fingerprint density at radius 1 is 1.07 bits per heavy atom. The topological polar surface area (TPSA) is 58.9 Å². The molecule has 0 saturated heterocycles. The number of hydrogen-bond acceptors (Lipinski definition) is 4. The molecule has 1 aromatic rings. The van der Waals surface area contributed by atoms with Gasteiger partial charge in [-0.1, -0.05) is 20.8 Å². The molecule has 0 radical (unpaired) electrons. The third-order valence-corrected chi connectivity index (χ3v) is 8.38. The second kappa shape index (κ2) is 6.97. The molecule has 2 aliphatic carbocycles. The first-order valence-corrected chi connectivity index (χ1v) is 10.2. The SMILES string of the molecule is COc1ccc(OC)c(C[C@]2(C)[C@@H](C)CC[C@@]3(C)[C@H]2CC[C@@H](O)[C@@]3(C)O)c1. The predicted octanol–water partition coefficient (Wildman–Crippen LogP) is 4.21. The summed E-state index contributed by atoms with van der Waals surface area (Å²) in [5, 5.41) is 21.8. The van der Waals surface area contributed by atoms with Crippen molar-refractivity contribution in [2.24, 2.45) is 22.7 Å². The molecule has 2 saturated carbocycles. The van der Waals surface area contributed by atoms with Gasteiger partial charge in [0, 0.05) is 5.41 Å². The molecule has 0 bridgehead atoms. The average Bonchev–Trinajstić information content (AvgIpc) is 2.63. The standard InChI is InChI=1S/C23H36O4/c1-15-11-12-22(3)19(9-10-20(24)23(22,4)25)21(15,2)14-16-13-17(26-5)7-8-18(16)27-6/h7-8,13,15,19-20,24-25H,9-12,14H2,1-6H3/t15-,19-,20+,21+,22-,23+/m0/s1. The molecular weight excluding hydrogens is 340 g/mol. The van der Waals surface area contributed by atoms with E-state index in [-0.39, 0.29) is 10.8 Å². The van der Waals surface area contributed by atoms with E-state index in [1.807, 2.05) is 19.1 Å². The Morgan fingerprint density at radius 3 is 2.41 bits per heavy atom. The zero-order chi connectivity index (χ0) is 20.0. The van der Waals surface area contributed by atoms with Gasteiger partial charge in [-0.05, 0) is 80.0 Å². The van der Waals surface area contributed by atoms with E-state index >= 15 is 0 Å². The van der Waals surface area contributed by atoms with E-state index < -0.39 is 11.7 Å². The summed E-state index contributed by atoms with van der Waals surface area (Å²) in [5.74, 6) is 2.59. The van der Waals surface area contributed by atoms with Gasteiger partial charge in [-0.25, -0.2) is 0 Å². The van der Waals surface area contributed by atoms with Crippen LogP contribution in [-0.2, 0) is 6.42 Å². The lowest BCUT2D eigenvalue weighted by molar-refractivity contribution is -0.234. The molecule has 4 nitrogen and oxygen atoms in total. The van der Waals surface area contributed by atoms with Gasteiger partial charge in [0.05, 0.1) is 25.9 Å². The molecule has 0 aliphatic heterocycles. The van der Waals surface area contributed by atoms with Gasteiger partial charge in [0.2, 0.25) is 0 Å². The summed E-state index contributed by atoms with van der Waals surface area (Å²) in [6.45, 7) is 8.73. The molecule has 0 heterocycles. The average molecular weight is 377 g/mol. The van der Waals surface area contributed by atoms with E-state index in [1.54, 1.807) is 14.2 Å². The first kappa shape index (κ1) is 20.5. The zero-order valence-electron chi connectivity index (χ0n) is 17.7. The maximum absolute atomic E-state index is 11.3. The highest BCUT2D eigenvalue weighted by Gasteiger charge is 2.62. The number of benzene rings is 1. The van der Waals surface area contributed by atoms with Gasteiger partial charge >= 0.3 is 0 Å². The number of aliphatic hydroxyl groups is 2. The number of rotatable bonds is 4. The van der Waals surface area contributed by atoms with Crippen LogP contribution in [0, 0.1) is 22.7 Å². The molecular formula is C23H36O4. The molecule has 2 aliphatic rings. The smallest absolute Gasteiger partial charge is 0.122 e. The Bertz CT molecular complexity index is 685. The van der Waals surface area contributed by atoms with Crippen LogP contribution in [0.3, 0.4) is 0 Å². The van der Waals surface area contributed by atoms with Crippen molar-refractivity contribution in [1.29, 1.82) is 0 Å².